The van der Waals surface area contributed by atoms with Gasteiger partial charge in [-0.1, -0.05) is 24.3 Å². The molecule has 2 aliphatic rings. The summed E-state index contributed by atoms with van der Waals surface area (Å²) in [6.45, 7) is 2.55. The minimum Gasteiger partial charge on any atom is -0.496 e. The highest BCUT2D eigenvalue weighted by Gasteiger charge is 2.23. The summed E-state index contributed by atoms with van der Waals surface area (Å²) in [5.41, 5.74) is 5.79. The van der Waals surface area contributed by atoms with Crippen LogP contribution in [0.3, 0.4) is 0 Å². The number of methoxy groups -OCH3 is 1. The Morgan fingerprint density at radius 1 is 1.25 bits per heavy atom. The monoisotopic (exact) mass is 377 g/mol. The fraction of sp³-hybridized carbons (Fsp3) is 0.435. The molecule has 5 heteroatoms. The zero-order chi connectivity index (χ0) is 19.5. The van der Waals surface area contributed by atoms with E-state index in [1.165, 1.54) is 29.5 Å². The van der Waals surface area contributed by atoms with Gasteiger partial charge in [0.25, 0.3) is 5.91 Å². The van der Waals surface area contributed by atoms with E-state index in [4.69, 9.17) is 4.74 Å². The third kappa shape index (κ3) is 3.85. The second-order valence-electron chi connectivity index (χ2n) is 7.83. The maximum atomic E-state index is 11.8. The number of nitrogens with zero attached hydrogens (tertiary/aromatic N) is 3. The van der Waals surface area contributed by atoms with Gasteiger partial charge in [0, 0.05) is 18.7 Å². The van der Waals surface area contributed by atoms with Crippen LogP contribution in [-0.4, -0.2) is 38.1 Å². The van der Waals surface area contributed by atoms with Gasteiger partial charge in [-0.2, -0.15) is 5.11 Å². The van der Waals surface area contributed by atoms with Crippen molar-refractivity contribution < 1.29 is 9.53 Å². The predicted molar refractivity (Wildman–Crippen MR) is 109 cm³/mol. The van der Waals surface area contributed by atoms with Crippen LogP contribution in [0.1, 0.15) is 51.4 Å². The molecule has 28 heavy (non-hydrogen) atoms. The molecule has 0 aromatic heterocycles. The molecule has 1 amide bonds. The van der Waals surface area contributed by atoms with Gasteiger partial charge < -0.3 is 9.64 Å². The van der Waals surface area contributed by atoms with Crippen molar-refractivity contribution in [3.63, 3.8) is 0 Å². The van der Waals surface area contributed by atoms with Gasteiger partial charge in [0.1, 0.15) is 5.75 Å². The molecule has 1 atom stereocenters. The maximum Gasteiger partial charge on any atom is 0.295 e. The number of carbonyl (C=O) groups is 1. The first-order chi connectivity index (χ1) is 13.7. The van der Waals surface area contributed by atoms with E-state index < -0.39 is 0 Å². The number of carbonyl (C=O) groups excluding carboxylic acids is 1. The molecule has 2 aromatic carbocycles. The number of likely N-dealkylation sites (N-methyl/N-ethyl adjacent to an activating group) is 1. The summed E-state index contributed by atoms with van der Waals surface area (Å²) in [4.78, 5) is 14.2. The van der Waals surface area contributed by atoms with Gasteiger partial charge in [0.2, 0.25) is 0 Å². The van der Waals surface area contributed by atoms with Crippen molar-refractivity contribution in [2.24, 2.45) is 10.2 Å². The molecule has 5 nitrogen and oxygen atoms in total. The van der Waals surface area contributed by atoms with Gasteiger partial charge >= 0.3 is 0 Å². The minimum absolute atomic E-state index is 0.226. The average molecular weight is 377 g/mol. The van der Waals surface area contributed by atoms with Crippen LogP contribution in [0.15, 0.2) is 46.6 Å². The number of ether oxygens (including phenoxy) is 1. The van der Waals surface area contributed by atoms with Gasteiger partial charge in [-0.15, -0.1) is 5.11 Å². The fourth-order valence-electron chi connectivity index (χ4n) is 4.45. The van der Waals surface area contributed by atoms with Crippen LogP contribution in [-0.2, 0) is 19.4 Å². The van der Waals surface area contributed by atoms with Gasteiger partial charge in [0.15, 0.2) is 0 Å². The molecule has 0 saturated carbocycles. The summed E-state index contributed by atoms with van der Waals surface area (Å²) < 4.78 is 5.57. The number of amides is 1. The van der Waals surface area contributed by atoms with E-state index in [0.29, 0.717) is 18.0 Å². The molecule has 146 valence electrons. The molecule has 1 aliphatic carbocycles. The molecule has 2 aromatic rings. The molecule has 0 N–H and O–H groups in total. The number of rotatable bonds is 6. The van der Waals surface area contributed by atoms with Crippen molar-refractivity contribution in [3.8, 4) is 5.75 Å². The lowest BCUT2D eigenvalue weighted by Crippen LogP contribution is -2.28. The molecular weight excluding hydrogens is 350 g/mol. The highest BCUT2D eigenvalue weighted by molar-refractivity contribution is 5.96. The van der Waals surface area contributed by atoms with Gasteiger partial charge in [-0.05, 0) is 73.0 Å². The number of hydrogen-bond donors (Lipinski definition) is 0. The van der Waals surface area contributed by atoms with Crippen molar-refractivity contribution in [1.82, 2.24) is 4.90 Å². The topological polar surface area (TPSA) is 54.3 Å². The Bertz CT molecular complexity index is 907. The van der Waals surface area contributed by atoms with Crippen LogP contribution >= 0.6 is 0 Å². The molecule has 0 spiro atoms. The summed E-state index contributed by atoms with van der Waals surface area (Å²) in [6.07, 6.45) is 4.54. The molecular formula is C23H27N3O2. The normalized spacial score (nSPS) is 18.1. The first kappa shape index (κ1) is 18.8. The van der Waals surface area contributed by atoms with E-state index in [2.05, 4.69) is 46.4 Å². The lowest BCUT2D eigenvalue weighted by atomic mass is 9.82. The second kappa shape index (κ2) is 8.23. The third-order valence-corrected chi connectivity index (χ3v) is 5.93. The van der Waals surface area contributed by atoms with Crippen LogP contribution in [0, 0.1) is 0 Å². The highest BCUT2D eigenvalue weighted by Crippen LogP contribution is 2.36. The minimum atomic E-state index is -0.226. The summed E-state index contributed by atoms with van der Waals surface area (Å²) in [7, 11) is 3.96. The molecule has 0 saturated heterocycles. The second-order valence-corrected chi connectivity index (χ2v) is 7.83. The number of azo groups is 1. The van der Waals surface area contributed by atoms with E-state index in [0.717, 1.165) is 37.2 Å². The van der Waals surface area contributed by atoms with Crippen molar-refractivity contribution in [2.75, 3.05) is 27.2 Å². The summed E-state index contributed by atoms with van der Waals surface area (Å²) in [6, 6.07) is 12.5. The molecule has 4 rings (SSSR count). The predicted octanol–water partition coefficient (Wildman–Crippen LogP) is 4.40. The Labute approximate surface area is 166 Å². The SMILES string of the molecule is COc1cccc2c1CCCC2CN(C)CCc1ccc2c(c1)CN=NC2=O. The quantitative estimate of drug-likeness (QED) is 0.750. The van der Waals surface area contributed by atoms with Crippen LogP contribution in [0.4, 0.5) is 0 Å². The molecule has 0 bridgehead atoms. The standard InChI is InChI=1S/C23H27N3O2/c1-26(12-11-16-9-10-20-18(13-16)14-24-25-23(20)27)15-17-5-3-7-21-19(17)6-4-8-22(21)28-2/h4,6,8-10,13,17H,3,5,7,11-12,14-15H2,1-2H3. The third-order valence-electron chi connectivity index (χ3n) is 5.93. The van der Waals surface area contributed by atoms with E-state index in [1.54, 1.807) is 7.11 Å². The van der Waals surface area contributed by atoms with Crippen molar-refractivity contribution in [3.05, 3.63) is 64.2 Å². The van der Waals surface area contributed by atoms with E-state index in [1.807, 2.05) is 12.1 Å². The van der Waals surface area contributed by atoms with Gasteiger partial charge in [-0.25, -0.2) is 0 Å². The molecule has 0 fully saturated rings. The Kier molecular flexibility index (Phi) is 5.53. The zero-order valence-electron chi connectivity index (χ0n) is 16.6. The van der Waals surface area contributed by atoms with Crippen LogP contribution in [0.2, 0.25) is 0 Å². The van der Waals surface area contributed by atoms with Gasteiger partial charge in [-0.3, -0.25) is 4.79 Å². The zero-order valence-corrected chi connectivity index (χ0v) is 16.6. The Balaban J connectivity index is 1.39. The Morgan fingerprint density at radius 3 is 3.00 bits per heavy atom. The number of hydrogen-bond acceptors (Lipinski definition) is 4. The lowest BCUT2D eigenvalue weighted by Gasteiger charge is -2.30. The fourth-order valence-corrected chi connectivity index (χ4v) is 4.45. The molecule has 1 unspecified atom stereocenters. The van der Waals surface area contributed by atoms with Gasteiger partial charge in [0.05, 0.1) is 13.7 Å². The Morgan fingerprint density at radius 2 is 2.14 bits per heavy atom. The Hall–Kier alpha value is -2.53. The summed E-state index contributed by atoms with van der Waals surface area (Å²) >= 11 is 0. The summed E-state index contributed by atoms with van der Waals surface area (Å²) in [5.74, 6) is 1.37. The first-order valence-corrected chi connectivity index (χ1v) is 10.0. The first-order valence-electron chi connectivity index (χ1n) is 10.0. The summed E-state index contributed by atoms with van der Waals surface area (Å²) in [5, 5.41) is 7.54. The molecule has 0 radical (unpaired) electrons. The molecule has 1 heterocycles. The van der Waals surface area contributed by atoms with E-state index in [9.17, 15) is 4.79 Å². The van der Waals surface area contributed by atoms with Crippen LogP contribution in [0.25, 0.3) is 0 Å². The highest BCUT2D eigenvalue weighted by atomic mass is 16.5. The van der Waals surface area contributed by atoms with Crippen molar-refractivity contribution >= 4 is 5.91 Å². The van der Waals surface area contributed by atoms with Crippen LogP contribution < -0.4 is 4.74 Å². The largest absolute Gasteiger partial charge is 0.496 e. The number of benzene rings is 2. The molecule has 1 aliphatic heterocycles. The van der Waals surface area contributed by atoms with E-state index in [-0.39, 0.29) is 5.91 Å². The smallest absolute Gasteiger partial charge is 0.295 e. The van der Waals surface area contributed by atoms with Crippen molar-refractivity contribution in [1.29, 1.82) is 0 Å². The van der Waals surface area contributed by atoms with E-state index >= 15 is 0 Å². The van der Waals surface area contributed by atoms with Crippen LogP contribution in [0.5, 0.6) is 5.75 Å². The maximum absolute atomic E-state index is 11.8. The average Bonchev–Trinajstić information content (AvgIpc) is 2.72. The lowest BCUT2D eigenvalue weighted by molar-refractivity contribution is 0.0988. The number of fused-ring (bicyclic) bond motifs is 2. The van der Waals surface area contributed by atoms with Crippen molar-refractivity contribution in [2.45, 2.75) is 38.1 Å².